The highest BCUT2D eigenvalue weighted by atomic mass is 16.5. The van der Waals surface area contributed by atoms with Crippen LogP contribution in [-0.4, -0.2) is 6.54 Å². The van der Waals surface area contributed by atoms with Gasteiger partial charge in [0.2, 0.25) is 0 Å². The van der Waals surface area contributed by atoms with Crippen molar-refractivity contribution in [3.05, 3.63) is 65.2 Å². The molecule has 112 valence electrons. The molecule has 2 atom stereocenters. The van der Waals surface area contributed by atoms with E-state index in [4.69, 9.17) is 4.74 Å². The van der Waals surface area contributed by atoms with Crippen LogP contribution in [0.4, 0.5) is 0 Å². The summed E-state index contributed by atoms with van der Waals surface area (Å²) in [7, 11) is 0. The van der Waals surface area contributed by atoms with Gasteiger partial charge in [0, 0.05) is 11.6 Å². The number of hydrogen-bond donors (Lipinski definition) is 1. The maximum atomic E-state index is 6.24. The molecule has 0 saturated carbocycles. The monoisotopic (exact) mass is 283 g/mol. The van der Waals surface area contributed by atoms with Crippen molar-refractivity contribution in [2.45, 2.75) is 39.8 Å². The molecule has 0 heterocycles. The summed E-state index contributed by atoms with van der Waals surface area (Å²) in [4.78, 5) is 0. The molecule has 0 aliphatic heterocycles. The summed E-state index contributed by atoms with van der Waals surface area (Å²) in [5, 5.41) is 3.45. The van der Waals surface area contributed by atoms with Gasteiger partial charge in [-0.05, 0) is 44.5 Å². The fraction of sp³-hybridized carbons (Fsp3) is 0.368. The quantitative estimate of drug-likeness (QED) is 0.821. The highest BCUT2D eigenvalue weighted by Gasteiger charge is 2.14. The first-order chi connectivity index (χ1) is 10.1. The van der Waals surface area contributed by atoms with Gasteiger partial charge in [0.1, 0.15) is 11.9 Å². The lowest BCUT2D eigenvalue weighted by Crippen LogP contribution is -2.19. The average Bonchev–Trinajstić information content (AvgIpc) is 2.48. The zero-order valence-electron chi connectivity index (χ0n) is 13.4. The summed E-state index contributed by atoms with van der Waals surface area (Å²) in [6, 6.07) is 17.1. The van der Waals surface area contributed by atoms with Gasteiger partial charge < -0.3 is 10.1 Å². The number of benzene rings is 2. The van der Waals surface area contributed by atoms with E-state index in [0.717, 1.165) is 12.3 Å². The molecule has 2 aromatic carbocycles. The van der Waals surface area contributed by atoms with Crippen LogP contribution < -0.4 is 10.1 Å². The van der Waals surface area contributed by atoms with E-state index in [1.165, 1.54) is 16.7 Å². The van der Waals surface area contributed by atoms with E-state index < -0.39 is 0 Å². The minimum Gasteiger partial charge on any atom is -0.486 e. The van der Waals surface area contributed by atoms with Crippen LogP contribution in [0.3, 0.4) is 0 Å². The average molecular weight is 283 g/mol. The third-order valence-corrected chi connectivity index (χ3v) is 3.72. The van der Waals surface area contributed by atoms with Gasteiger partial charge in [-0.25, -0.2) is 0 Å². The Labute approximate surface area is 128 Å². The van der Waals surface area contributed by atoms with Crippen LogP contribution in [-0.2, 0) is 0 Å². The van der Waals surface area contributed by atoms with Crippen LogP contribution in [0, 0.1) is 6.92 Å². The van der Waals surface area contributed by atoms with Crippen LogP contribution in [0.1, 0.15) is 49.6 Å². The van der Waals surface area contributed by atoms with Crippen LogP contribution in [0.15, 0.2) is 48.5 Å². The third kappa shape index (κ3) is 4.08. The van der Waals surface area contributed by atoms with E-state index in [-0.39, 0.29) is 12.1 Å². The van der Waals surface area contributed by atoms with Gasteiger partial charge in [0.15, 0.2) is 0 Å². The Morgan fingerprint density at radius 3 is 2.43 bits per heavy atom. The van der Waals surface area contributed by atoms with Crippen molar-refractivity contribution in [2.75, 3.05) is 6.54 Å². The van der Waals surface area contributed by atoms with Crippen LogP contribution >= 0.6 is 0 Å². The number of rotatable bonds is 6. The predicted molar refractivity (Wildman–Crippen MR) is 88.8 cm³/mol. The van der Waals surface area contributed by atoms with E-state index in [2.05, 4.69) is 63.3 Å². The van der Waals surface area contributed by atoms with Crippen LogP contribution in [0.2, 0.25) is 0 Å². The maximum absolute atomic E-state index is 6.24. The molecule has 1 N–H and O–H groups in total. The standard InChI is InChI=1S/C19H25NO/c1-5-20-15(3)18-12-11-14(2)13-19(18)21-16(4)17-9-7-6-8-10-17/h6-13,15-16,20H,5H2,1-4H3. The second kappa shape index (κ2) is 7.28. The number of aryl methyl sites for hydroxylation is 1. The lowest BCUT2D eigenvalue weighted by molar-refractivity contribution is 0.223. The zero-order chi connectivity index (χ0) is 15.2. The number of nitrogens with one attached hydrogen (secondary N) is 1. The maximum Gasteiger partial charge on any atom is 0.125 e. The molecule has 0 amide bonds. The van der Waals surface area contributed by atoms with Gasteiger partial charge in [-0.3, -0.25) is 0 Å². The Bertz CT molecular complexity index is 565. The molecule has 2 aromatic rings. The Kier molecular flexibility index (Phi) is 5.40. The molecule has 0 aliphatic carbocycles. The molecular formula is C19H25NO. The topological polar surface area (TPSA) is 21.3 Å². The van der Waals surface area contributed by atoms with Gasteiger partial charge in [-0.1, -0.05) is 49.4 Å². The molecule has 0 spiro atoms. The fourth-order valence-corrected chi connectivity index (χ4v) is 2.50. The van der Waals surface area contributed by atoms with E-state index in [1.54, 1.807) is 0 Å². The first kappa shape index (κ1) is 15.6. The summed E-state index contributed by atoms with van der Waals surface area (Å²) in [6.45, 7) is 9.44. The molecule has 2 heteroatoms. The molecule has 0 aromatic heterocycles. The van der Waals surface area contributed by atoms with E-state index in [9.17, 15) is 0 Å². The molecule has 0 aliphatic rings. The minimum absolute atomic E-state index is 0.0422. The van der Waals surface area contributed by atoms with Gasteiger partial charge in [0.05, 0.1) is 0 Å². The normalized spacial score (nSPS) is 13.7. The van der Waals surface area contributed by atoms with Crippen molar-refractivity contribution in [2.24, 2.45) is 0 Å². The molecule has 0 fully saturated rings. The van der Waals surface area contributed by atoms with Crippen molar-refractivity contribution >= 4 is 0 Å². The lowest BCUT2D eigenvalue weighted by atomic mass is 10.0. The molecule has 2 unspecified atom stereocenters. The van der Waals surface area contributed by atoms with Crippen molar-refractivity contribution < 1.29 is 4.74 Å². The summed E-state index contributed by atoms with van der Waals surface area (Å²) in [5.41, 5.74) is 3.63. The molecule has 2 rings (SSSR count). The van der Waals surface area contributed by atoms with Gasteiger partial charge in [0.25, 0.3) is 0 Å². The van der Waals surface area contributed by atoms with E-state index in [1.807, 2.05) is 18.2 Å². The Morgan fingerprint density at radius 1 is 1.05 bits per heavy atom. The van der Waals surface area contributed by atoms with Crippen molar-refractivity contribution in [3.63, 3.8) is 0 Å². The van der Waals surface area contributed by atoms with Gasteiger partial charge >= 0.3 is 0 Å². The Morgan fingerprint density at radius 2 is 1.76 bits per heavy atom. The molecule has 0 bridgehead atoms. The number of hydrogen-bond acceptors (Lipinski definition) is 2. The highest BCUT2D eigenvalue weighted by molar-refractivity contribution is 5.39. The van der Waals surface area contributed by atoms with Gasteiger partial charge in [-0.15, -0.1) is 0 Å². The van der Waals surface area contributed by atoms with Crippen LogP contribution in [0.5, 0.6) is 5.75 Å². The lowest BCUT2D eigenvalue weighted by Gasteiger charge is -2.22. The smallest absolute Gasteiger partial charge is 0.125 e. The second-order valence-corrected chi connectivity index (χ2v) is 5.49. The third-order valence-electron chi connectivity index (χ3n) is 3.72. The molecule has 0 radical (unpaired) electrons. The SMILES string of the molecule is CCNC(C)c1ccc(C)cc1OC(C)c1ccccc1. The summed E-state index contributed by atoms with van der Waals surface area (Å²) < 4.78 is 6.24. The summed E-state index contributed by atoms with van der Waals surface area (Å²) in [6.07, 6.45) is 0.0422. The van der Waals surface area contributed by atoms with Crippen molar-refractivity contribution in [1.29, 1.82) is 0 Å². The number of ether oxygens (including phenoxy) is 1. The summed E-state index contributed by atoms with van der Waals surface area (Å²) >= 11 is 0. The molecule has 21 heavy (non-hydrogen) atoms. The predicted octanol–water partition coefficient (Wildman–Crippen LogP) is 4.81. The highest BCUT2D eigenvalue weighted by Crippen LogP contribution is 2.30. The molecular weight excluding hydrogens is 258 g/mol. The second-order valence-electron chi connectivity index (χ2n) is 5.49. The Hall–Kier alpha value is -1.80. The Balaban J connectivity index is 2.24. The fourth-order valence-electron chi connectivity index (χ4n) is 2.50. The summed E-state index contributed by atoms with van der Waals surface area (Å²) in [5.74, 6) is 0.972. The molecule has 2 nitrogen and oxygen atoms in total. The van der Waals surface area contributed by atoms with E-state index >= 15 is 0 Å². The van der Waals surface area contributed by atoms with Gasteiger partial charge in [-0.2, -0.15) is 0 Å². The first-order valence-electron chi connectivity index (χ1n) is 7.67. The van der Waals surface area contributed by atoms with E-state index in [0.29, 0.717) is 0 Å². The largest absolute Gasteiger partial charge is 0.486 e. The first-order valence-corrected chi connectivity index (χ1v) is 7.67. The minimum atomic E-state index is 0.0422. The van der Waals surface area contributed by atoms with Crippen molar-refractivity contribution in [1.82, 2.24) is 5.32 Å². The van der Waals surface area contributed by atoms with Crippen molar-refractivity contribution in [3.8, 4) is 5.75 Å². The van der Waals surface area contributed by atoms with Crippen LogP contribution in [0.25, 0.3) is 0 Å². The molecule has 0 saturated heterocycles. The zero-order valence-corrected chi connectivity index (χ0v) is 13.4.